The van der Waals surface area contributed by atoms with Crippen molar-refractivity contribution in [1.82, 2.24) is 4.90 Å². The van der Waals surface area contributed by atoms with Crippen LogP contribution in [0.4, 0.5) is 5.69 Å². The Morgan fingerprint density at radius 3 is 2.59 bits per heavy atom. The number of nitrogens with zero attached hydrogens (tertiary/aromatic N) is 1. The minimum absolute atomic E-state index is 0.0631. The van der Waals surface area contributed by atoms with Gasteiger partial charge in [-0.3, -0.25) is 9.59 Å². The zero-order chi connectivity index (χ0) is 19.7. The number of aryl methyl sites for hydroxylation is 2. The molecule has 140 valence electrons. The largest absolute Gasteiger partial charge is 0.451 e. The van der Waals surface area contributed by atoms with Gasteiger partial charge in [-0.15, -0.1) is 0 Å². The predicted molar refractivity (Wildman–Crippen MR) is 110 cm³/mol. The van der Waals surface area contributed by atoms with Crippen LogP contribution in [0.15, 0.2) is 45.3 Å². The van der Waals surface area contributed by atoms with Gasteiger partial charge in [0.15, 0.2) is 5.76 Å². The van der Waals surface area contributed by atoms with Crippen molar-refractivity contribution in [2.24, 2.45) is 0 Å². The van der Waals surface area contributed by atoms with E-state index < -0.39 is 0 Å². The summed E-state index contributed by atoms with van der Waals surface area (Å²) in [6.45, 7) is 5.72. The highest BCUT2D eigenvalue weighted by Gasteiger charge is 2.22. The molecule has 0 saturated carbocycles. The summed E-state index contributed by atoms with van der Waals surface area (Å²) in [5.41, 5.74) is 4.27. The Bertz CT molecular complexity index is 1040. The van der Waals surface area contributed by atoms with Crippen LogP contribution < -0.4 is 5.32 Å². The number of carbonyl (C=O) groups is 2. The summed E-state index contributed by atoms with van der Waals surface area (Å²) in [7, 11) is 1.59. The lowest BCUT2D eigenvalue weighted by atomic mass is 10.1. The molecule has 1 heterocycles. The summed E-state index contributed by atoms with van der Waals surface area (Å²) in [5.74, 6) is -0.322. The van der Waals surface area contributed by atoms with E-state index in [4.69, 9.17) is 4.42 Å². The number of amides is 2. The van der Waals surface area contributed by atoms with Crippen LogP contribution in [-0.4, -0.2) is 30.3 Å². The van der Waals surface area contributed by atoms with Crippen LogP contribution in [0.25, 0.3) is 11.0 Å². The molecule has 0 unspecified atom stereocenters. The molecule has 2 amide bonds. The Morgan fingerprint density at radius 1 is 1.11 bits per heavy atom. The van der Waals surface area contributed by atoms with Gasteiger partial charge in [0.25, 0.3) is 5.91 Å². The van der Waals surface area contributed by atoms with E-state index >= 15 is 0 Å². The monoisotopic (exact) mass is 428 g/mol. The summed E-state index contributed by atoms with van der Waals surface area (Å²) < 4.78 is 6.64. The fraction of sp³-hybridized carbons (Fsp3) is 0.238. The Labute approximate surface area is 166 Å². The number of hydrogen-bond acceptors (Lipinski definition) is 3. The molecule has 0 aliphatic rings. The Morgan fingerprint density at radius 2 is 1.85 bits per heavy atom. The van der Waals surface area contributed by atoms with Gasteiger partial charge < -0.3 is 14.6 Å². The highest BCUT2D eigenvalue weighted by molar-refractivity contribution is 9.10. The maximum absolute atomic E-state index is 12.8. The average Bonchev–Trinajstić information content (AvgIpc) is 2.94. The van der Waals surface area contributed by atoms with Crippen molar-refractivity contribution in [3.05, 3.63) is 63.3 Å². The van der Waals surface area contributed by atoms with Gasteiger partial charge in [-0.2, -0.15) is 0 Å². The first-order valence-electron chi connectivity index (χ1n) is 8.58. The molecule has 0 atom stereocenters. The third-order valence-electron chi connectivity index (χ3n) is 4.70. The van der Waals surface area contributed by atoms with E-state index in [1.54, 1.807) is 7.05 Å². The van der Waals surface area contributed by atoms with Crippen molar-refractivity contribution in [2.75, 3.05) is 18.9 Å². The maximum atomic E-state index is 12.8. The minimum atomic E-state index is -0.323. The first-order valence-corrected chi connectivity index (χ1v) is 9.37. The number of fused-ring (bicyclic) bond motifs is 1. The van der Waals surface area contributed by atoms with Gasteiger partial charge in [-0.25, -0.2) is 0 Å². The normalized spacial score (nSPS) is 10.9. The standard InChI is InChI=1S/C21H21BrN2O3/c1-12-6-5-7-17(13(12)2)23-19(25)11-24(4)21(26)20-14(3)16-10-15(22)8-9-18(16)27-20/h5-10H,11H2,1-4H3,(H,23,25). The van der Waals surface area contributed by atoms with E-state index in [1.165, 1.54) is 4.90 Å². The van der Waals surface area contributed by atoms with E-state index in [9.17, 15) is 9.59 Å². The molecule has 2 aromatic carbocycles. The molecule has 0 saturated heterocycles. The quantitative estimate of drug-likeness (QED) is 0.646. The number of hydrogen-bond donors (Lipinski definition) is 1. The first kappa shape index (κ1) is 19.2. The summed E-state index contributed by atoms with van der Waals surface area (Å²) in [6.07, 6.45) is 0. The molecule has 5 nitrogen and oxygen atoms in total. The van der Waals surface area contributed by atoms with Gasteiger partial charge in [-0.1, -0.05) is 28.1 Å². The van der Waals surface area contributed by atoms with Crippen molar-refractivity contribution >= 4 is 44.4 Å². The van der Waals surface area contributed by atoms with Gasteiger partial charge in [0, 0.05) is 28.2 Å². The predicted octanol–water partition coefficient (Wildman–Crippen LogP) is 4.83. The average molecular weight is 429 g/mol. The summed E-state index contributed by atoms with van der Waals surface area (Å²) in [5, 5.41) is 3.74. The molecular formula is C21H21BrN2O3. The first-order chi connectivity index (χ1) is 12.8. The molecule has 0 aliphatic heterocycles. The Kier molecular flexibility index (Phi) is 5.37. The number of benzene rings is 2. The lowest BCUT2D eigenvalue weighted by molar-refractivity contribution is -0.116. The van der Waals surface area contributed by atoms with Gasteiger partial charge in [-0.05, 0) is 56.2 Å². The van der Waals surface area contributed by atoms with Crippen LogP contribution in [0.1, 0.15) is 27.2 Å². The van der Waals surface area contributed by atoms with Gasteiger partial charge in [0.05, 0.1) is 6.54 Å². The van der Waals surface area contributed by atoms with Crippen molar-refractivity contribution in [1.29, 1.82) is 0 Å². The molecule has 0 bridgehead atoms. The Balaban J connectivity index is 1.75. The van der Waals surface area contributed by atoms with E-state index in [1.807, 2.05) is 57.2 Å². The lowest BCUT2D eigenvalue weighted by Gasteiger charge is -2.17. The van der Waals surface area contributed by atoms with Crippen molar-refractivity contribution in [3.8, 4) is 0 Å². The van der Waals surface area contributed by atoms with E-state index in [-0.39, 0.29) is 24.1 Å². The van der Waals surface area contributed by atoms with Crippen LogP contribution in [-0.2, 0) is 4.79 Å². The van der Waals surface area contributed by atoms with Crippen LogP contribution in [0, 0.1) is 20.8 Å². The van der Waals surface area contributed by atoms with Gasteiger partial charge >= 0.3 is 0 Å². The highest BCUT2D eigenvalue weighted by Crippen LogP contribution is 2.28. The molecule has 6 heteroatoms. The van der Waals surface area contributed by atoms with Crippen LogP contribution >= 0.6 is 15.9 Å². The number of nitrogens with one attached hydrogen (secondary N) is 1. The number of rotatable bonds is 4. The molecule has 0 aliphatic carbocycles. The smallest absolute Gasteiger partial charge is 0.290 e. The van der Waals surface area contributed by atoms with E-state index in [2.05, 4.69) is 21.2 Å². The highest BCUT2D eigenvalue weighted by atomic mass is 79.9. The van der Waals surface area contributed by atoms with Crippen molar-refractivity contribution < 1.29 is 14.0 Å². The molecular weight excluding hydrogens is 408 g/mol. The fourth-order valence-electron chi connectivity index (χ4n) is 2.93. The SMILES string of the molecule is Cc1cccc(NC(=O)CN(C)C(=O)c2oc3ccc(Br)cc3c2C)c1C. The second-order valence-electron chi connectivity index (χ2n) is 6.65. The summed E-state index contributed by atoms with van der Waals surface area (Å²) in [6, 6.07) is 11.3. The molecule has 3 aromatic rings. The minimum Gasteiger partial charge on any atom is -0.451 e. The van der Waals surface area contributed by atoms with E-state index in [0.717, 1.165) is 32.2 Å². The number of anilines is 1. The zero-order valence-corrected chi connectivity index (χ0v) is 17.3. The van der Waals surface area contributed by atoms with Gasteiger partial charge in [0.2, 0.25) is 5.91 Å². The number of halogens is 1. The molecule has 0 radical (unpaired) electrons. The van der Waals surface area contributed by atoms with E-state index in [0.29, 0.717) is 5.58 Å². The molecule has 3 rings (SSSR count). The fourth-order valence-corrected chi connectivity index (χ4v) is 3.30. The molecule has 0 spiro atoms. The second kappa shape index (κ2) is 7.56. The van der Waals surface area contributed by atoms with Crippen molar-refractivity contribution in [2.45, 2.75) is 20.8 Å². The third-order valence-corrected chi connectivity index (χ3v) is 5.19. The summed E-state index contributed by atoms with van der Waals surface area (Å²) in [4.78, 5) is 26.5. The lowest BCUT2D eigenvalue weighted by Crippen LogP contribution is -2.35. The maximum Gasteiger partial charge on any atom is 0.290 e. The topological polar surface area (TPSA) is 62.6 Å². The number of furan rings is 1. The summed E-state index contributed by atoms with van der Waals surface area (Å²) >= 11 is 3.43. The molecule has 27 heavy (non-hydrogen) atoms. The molecule has 1 N–H and O–H groups in total. The van der Waals surface area contributed by atoms with Gasteiger partial charge in [0.1, 0.15) is 5.58 Å². The molecule has 1 aromatic heterocycles. The number of likely N-dealkylation sites (N-methyl/N-ethyl adjacent to an activating group) is 1. The zero-order valence-electron chi connectivity index (χ0n) is 15.7. The van der Waals surface area contributed by atoms with Crippen LogP contribution in [0.3, 0.4) is 0 Å². The van der Waals surface area contributed by atoms with Crippen molar-refractivity contribution in [3.63, 3.8) is 0 Å². The van der Waals surface area contributed by atoms with Crippen LogP contribution in [0.5, 0.6) is 0 Å². The molecule has 0 fully saturated rings. The number of carbonyl (C=O) groups excluding carboxylic acids is 2. The second-order valence-corrected chi connectivity index (χ2v) is 7.57. The van der Waals surface area contributed by atoms with Crippen LogP contribution in [0.2, 0.25) is 0 Å². The Hall–Kier alpha value is -2.60. The third kappa shape index (κ3) is 3.90.